The highest BCUT2D eigenvalue weighted by Gasteiger charge is 2.03. The molecule has 0 amide bonds. The summed E-state index contributed by atoms with van der Waals surface area (Å²) in [6, 6.07) is 2.87. The Bertz CT molecular complexity index is 410. The third-order valence-electron chi connectivity index (χ3n) is 1.54. The first kappa shape index (κ1) is 7.72. The summed E-state index contributed by atoms with van der Waals surface area (Å²) in [5.41, 5.74) is 5.92. The topological polar surface area (TPSA) is 64.9 Å². The van der Waals surface area contributed by atoms with Gasteiger partial charge in [0.05, 0.1) is 6.20 Å². The summed E-state index contributed by atoms with van der Waals surface area (Å²) in [6.45, 7) is 0. The maximum Gasteiger partial charge on any atom is 0.292 e. The van der Waals surface area contributed by atoms with Crippen LogP contribution in [0.5, 0.6) is 0 Å². The van der Waals surface area contributed by atoms with Crippen molar-refractivity contribution in [1.82, 2.24) is 9.97 Å². The van der Waals surface area contributed by atoms with Gasteiger partial charge < -0.3 is 10.2 Å². The van der Waals surface area contributed by atoms with Gasteiger partial charge in [-0.15, -0.1) is 0 Å². The Hall–Kier alpha value is -1.91. The van der Waals surface area contributed by atoms with Crippen LogP contribution in [0.1, 0.15) is 0 Å². The molecular formula is C8H6FN3O. The molecule has 13 heavy (non-hydrogen) atoms. The van der Waals surface area contributed by atoms with E-state index in [-0.39, 0.29) is 6.01 Å². The van der Waals surface area contributed by atoms with Crippen LogP contribution in [0, 0.1) is 5.95 Å². The molecule has 0 fully saturated rings. The first-order chi connectivity index (χ1) is 6.25. The molecular weight excluding hydrogens is 173 g/mol. The van der Waals surface area contributed by atoms with Crippen LogP contribution < -0.4 is 5.73 Å². The minimum absolute atomic E-state index is 0.0827. The highest BCUT2D eigenvalue weighted by molar-refractivity contribution is 5.55. The average Bonchev–Trinajstić information content (AvgIpc) is 2.53. The van der Waals surface area contributed by atoms with Gasteiger partial charge in [0.15, 0.2) is 5.76 Å². The molecule has 2 N–H and O–H groups in total. The summed E-state index contributed by atoms with van der Waals surface area (Å²) in [5, 5.41) is 0. The van der Waals surface area contributed by atoms with Crippen LogP contribution in [0.2, 0.25) is 0 Å². The number of nitrogens with two attached hydrogens (primary N) is 1. The number of aromatic nitrogens is 2. The third kappa shape index (κ3) is 1.48. The average molecular weight is 179 g/mol. The zero-order valence-corrected chi connectivity index (χ0v) is 6.57. The van der Waals surface area contributed by atoms with Crippen molar-refractivity contribution >= 4 is 6.01 Å². The van der Waals surface area contributed by atoms with Crippen molar-refractivity contribution in [3.63, 3.8) is 0 Å². The predicted octanol–water partition coefficient (Wildman–Crippen LogP) is 1.46. The molecule has 66 valence electrons. The summed E-state index contributed by atoms with van der Waals surface area (Å²) in [5.74, 6) is -0.0544. The van der Waals surface area contributed by atoms with E-state index in [0.717, 1.165) is 0 Å². The number of hydrogen-bond acceptors (Lipinski definition) is 4. The Balaban J connectivity index is 2.41. The summed E-state index contributed by atoms with van der Waals surface area (Å²) < 4.78 is 17.4. The predicted molar refractivity (Wildman–Crippen MR) is 44.1 cm³/mol. The van der Waals surface area contributed by atoms with Gasteiger partial charge >= 0.3 is 0 Å². The van der Waals surface area contributed by atoms with E-state index in [2.05, 4.69) is 9.97 Å². The normalized spacial score (nSPS) is 10.2. The first-order valence-electron chi connectivity index (χ1n) is 3.59. The smallest absolute Gasteiger partial charge is 0.292 e. The quantitative estimate of drug-likeness (QED) is 0.673. The maximum absolute atomic E-state index is 12.4. The SMILES string of the molecule is Nc1ncc(-c2ccc(F)nc2)o1. The second-order valence-corrected chi connectivity index (χ2v) is 2.43. The van der Waals surface area contributed by atoms with Gasteiger partial charge in [0.1, 0.15) is 0 Å². The largest absolute Gasteiger partial charge is 0.424 e. The minimum atomic E-state index is -0.531. The van der Waals surface area contributed by atoms with E-state index in [1.165, 1.54) is 18.5 Å². The third-order valence-corrected chi connectivity index (χ3v) is 1.54. The number of nitrogens with zero attached hydrogens (tertiary/aromatic N) is 2. The fourth-order valence-electron chi connectivity index (χ4n) is 0.943. The summed E-state index contributed by atoms with van der Waals surface area (Å²) in [4.78, 5) is 7.17. The fourth-order valence-corrected chi connectivity index (χ4v) is 0.943. The number of pyridine rings is 1. The van der Waals surface area contributed by atoms with Crippen molar-refractivity contribution in [2.45, 2.75) is 0 Å². The Morgan fingerprint density at radius 1 is 1.23 bits per heavy atom. The molecule has 4 nitrogen and oxygen atoms in total. The number of anilines is 1. The second kappa shape index (κ2) is 2.85. The van der Waals surface area contributed by atoms with Crippen molar-refractivity contribution in [1.29, 1.82) is 0 Å². The van der Waals surface area contributed by atoms with E-state index in [4.69, 9.17) is 10.2 Å². The van der Waals surface area contributed by atoms with Gasteiger partial charge in [0, 0.05) is 11.8 Å². The lowest BCUT2D eigenvalue weighted by atomic mass is 10.2. The lowest BCUT2D eigenvalue weighted by Gasteiger charge is -1.93. The van der Waals surface area contributed by atoms with E-state index in [1.807, 2.05) is 0 Å². The Labute approximate surface area is 73.2 Å². The Morgan fingerprint density at radius 3 is 2.62 bits per heavy atom. The molecule has 0 aromatic carbocycles. The van der Waals surface area contributed by atoms with Gasteiger partial charge in [0.2, 0.25) is 5.95 Å². The van der Waals surface area contributed by atoms with Gasteiger partial charge in [-0.25, -0.2) is 9.97 Å². The van der Waals surface area contributed by atoms with Crippen LogP contribution in [0.4, 0.5) is 10.4 Å². The van der Waals surface area contributed by atoms with Crippen LogP contribution in [-0.2, 0) is 0 Å². The van der Waals surface area contributed by atoms with Crippen LogP contribution in [0.3, 0.4) is 0 Å². The fraction of sp³-hybridized carbons (Fsp3) is 0. The van der Waals surface area contributed by atoms with E-state index < -0.39 is 5.95 Å². The van der Waals surface area contributed by atoms with Crippen LogP contribution >= 0.6 is 0 Å². The minimum Gasteiger partial charge on any atom is -0.424 e. The number of oxazole rings is 1. The zero-order chi connectivity index (χ0) is 9.26. The standard InChI is InChI=1S/C8H6FN3O/c9-7-2-1-5(3-11-7)6-4-12-8(10)13-6/h1-4H,(H2,10,12). The molecule has 0 bridgehead atoms. The van der Waals surface area contributed by atoms with Crippen molar-refractivity contribution in [2.75, 3.05) is 5.73 Å². The zero-order valence-electron chi connectivity index (χ0n) is 6.57. The molecule has 0 spiro atoms. The molecule has 0 atom stereocenters. The molecule has 0 aliphatic carbocycles. The van der Waals surface area contributed by atoms with E-state index in [1.54, 1.807) is 6.07 Å². The Kier molecular flexibility index (Phi) is 1.70. The van der Waals surface area contributed by atoms with E-state index >= 15 is 0 Å². The van der Waals surface area contributed by atoms with Crippen LogP contribution in [0.15, 0.2) is 28.9 Å². The van der Waals surface area contributed by atoms with Crippen molar-refractivity contribution in [3.8, 4) is 11.3 Å². The first-order valence-corrected chi connectivity index (χ1v) is 3.59. The molecule has 0 saturated heterocycles. The van der Waals surface area contributed by atoms with Crippen LogP contribution in [0.25, 0.3) is 11.3 Å². The molecule has 0 aliphatic heterocycles. The molecule has 2 aromatic heterocycles. The van der Waals surface area contributed by atoms with Gasteiger partial charge in [-0.1, -0.05) is 0 Å². The van der Waals surface area contributed by atoms with Gasteiger partial charge in [-0.05, 0) is 12.1 Å². The molecule has 2 aromatic rings. The number of rotatable bonds is 1. The molecule has 2 rings (SSSR count). The van der Waals surface area contributed by atoms with Crippen molar-refractivity contribution in [2.24, 2.45) is 0 Å². The monoisotopic (exact) mass is 179 g/mol. The van der Waals surface area contributed by atoms with Gasteiger partial charge in [0.25, 0.3) is 6.01 Å². The molecule has 0 unspecified atom stereocenters. The van der Waals surface area contributed by atoms with Crippen molar-refractivity contribution in [3.05, 3.63) is 30.5 Å². The Morgan fingerprint density at radius 2 is 2.08 bits per heavy atom. The summed E-state index contributed by atoms with van der Waals surface area (Å²) in [7, 11) is 0. The van der Waals surface area contributed by atoms with Gasteiger partial charge in [-0.3, -0.25) is 0 Å². The molecule has 0 saturated carbocycles. The lowest BCUT2D eigenvalue weighted by Crippen LogP contribution is -1.82. The highest BCUT2D eigenvalue weighted by atomic mass is 19.1. The molecule has 0 aliphatic rings. The highest BCUT2D eigenvalue weighted by Crippen LogP contribution is 2.19. The van der Waals surface area contributed by atoms with E-state index in [0.29, 0.717) is 11.3 Å². The summed E-state index contributed by atoms with van der Waals surface area (Å²) in [6.07, 6.45) is 2.82. The van der Waals surface area contributed by atoms with Crippen molar-refractivity contribution < 1.29 is 8.81 Å². The second-order valence-electron chi connectivity index (χ2n) is 2.43. The number of halogens is 1. The number of hydrogen-bond donors (Lipinski definition) is 1. The molecule has 2 heterocycles. The van der Waals surface area contributed by atoms with Gasteiger partial charge in [-0.2, -0.15) is 4.39 Å². The molecule has 5 heteroatoms. The number of nitrogen functional groups attached to an aromatic ring is 1. The van der Waals surface area contributed by atoms with E-state index in [9.17, 15) is 4.39 Å². The molecule has 0 radical (unpaired) electrons. The lowest BCUT2D eigenvalue weighted by molar-refractivity contribution is 0.579. The van der Waals surface area contributed by atoms with Crippen LogP contribution in [-0.4, -0.2) is 9.97 Å². The maximum atomic E-state index is 12.4. The summed E-state index contributed by atoms with van der Waals surface area (Å²) >= 11 is 0.